The van der Waals surface area contributed by atoms with E-state index in [0.29, 0.717) is 21.6 Å². The number of carbonyl (C=O) groups excluding carboxylic acids is 1. The van der Waals surface area contributed by atoms with Crippen LogP contribution in [0.2, 0.25) is 5.02 Å². The molecule has 7 nitrogen and oxygen atoms in total. The summed E-state index contributed by atoms with van der Waals surface area (Å²) in [6.45, 7) is 5.84. The molecule has 0 aliphatic carbocycles. The molecule has 0 aliphatic heterocycles. The quantitative estimate of drug-likeness (QED) is 0.609. The summed E-state index contributed by atoms with van der Waals surface area (Å²) in [5.74, 6) is 0.330. The van der Waals surface area contributed by atoms with E-state index in [1.165, 1.54) is 18.9 Å². The van der Waals surface area contributed by atoms with Crippen molar-refractivity contribution in [3.63, 3.8) is 0 Å². The minimum Gasteiger partial charge on any atom is -0.495 e. The highest BCUT2D eigenvalue weighted by Gasteiger charge is 2.21. The van der Waals surface area contributed by atoms with Gasteiger partial charge in [-0.1, -0.05) is 35.5 Å². The Balaban J connectivity index is 1.78. The van der Waals surface area contributed by atoms with Gasteiger partial charge in [-0.25, -0.2) is 0 Å². The van der Waals surface area contributed by atoms with Gasteiger partial charge < -0.3 is 10.1 Å². The molecular formula is C19H20ClN5O2S. The van der Waals surface area contributed by atoms with Gasteiger partial charge in [0.15, 0.2) is 0 Å². The van der Waals surface area contributed by atoms with Crippen molar-refractivity contribution in [1.82, 2.24) is 20.2 Å². The number of tetrazole rings is 1. The molecule has 1 N–H and O–H groups in total. The first kappa shape index (κ1) is 20.2. The predicted molar refractivity (Wildman–Crippen MR) is 111 cm³/mol. The molecule has 0 fully saturated rings. The summed E-state index contributed by atoms with van der Waals surface area (Å²) < 4.78 is 6.92. The van der Waals surface area contributed by atoms with Crippen LogP contribution in [-0.4, -0.2) is 38.5 Å². The maximum Gasteiger partial charge on any atom is 0.237 e. The lowest BCUT2D eigenvalue weighted by molar-refractivity contribution is -0.115. The van der Waals surface area contributed by atoms with Crippen LogP contribution in [0.15, 0.2) is 41.6 Å². The number of benzene rings is 2. The van der Waals surface area contributed by atoms with Crippen molar-refractivity contribution in [1.29, 1.82) is 0 Å². The van der Waals surface area contributed by atoms with E-state index < -0.39 is 5.25 Å². The highest BCUT2D eigenvalue weighted by atomic mass is 35.5. The van der Waals surface area contributed by atoms with Crippen molar-refractivity contribution in [3.05, 3.63) is 52.5 Å². The average Bonchev–Trinajstić information content (AvgIpc) is 3.12. The van der Waals surface area contributed by atoms with Crippen LogP contribution < -0.4 is 10.1 Å². The fourth-order valence-electron chi connectivity index (χ4n) is 2.59. The zero-order valence-corrected chi connectivity index (χ0v) is 17.5. The van der Waals surface area contributed by atoms with Crippen molar-refractivity contribution in [2.75, 3.05) is 12.4 Å². The Morgan fingerprint density at radius 2 is 2.07 bits per heavy atom. The molecule has 1 aromatic heterocycles. The van der Waals surface area contributed by atoms with Gasteiger partial charge in [-0.2, -0.15) is 4.68 Å². The number of halogens is 1. The Labute approximate surface area is 172 Å². The number of aryl methyl sites for hydroxylation is 1. The minimum absolute atomic E-state index is 0.207. The number of carbonyl (C=O) groups is 1. The topological polar surface area (TPSA) is 81.9 Å². The number of methoxy groups -OCH3 is 1. The number of aromatic nitrogens is 4. The first-order valence-corrected chi connectivity index (χ1v) is 9.82. The molecule has 146 valence electrons. The number of anilines is 1. The third kappa shape index (κ3) is 4.28. The molecule has 0 spiro atoms. The lowest BCUT2D eigenvalue weighted by atomic mass is 10.1. The fraction of sp³-hybridized carbons (Fsp3) is 0.263. The van der Waals surface area contributed by atoms with Gasteiger partial charge in [0.1, 0.15) is 5.75 Å². The predicted octanol–water partition coefficient (Wildman–Crippen LogP) is 4.06. The maximum atomic E-state index is 12.7. The Morgan fingerprint density at radius 1 is 1.29 bits per heavy atom. The van der Waals surface area contributed by atoms with Crippen molar-refractivity contribution in [2.24, 2.45) is 0 Å². The van der Waals surface area contributed by atoms with Gasteiger partial charge in [-0.3, -0.25) is 4.79 Å². The van der Waals surface area contributed by atoms with E-state index in [2.05, 4.69) is 20.8 Å². The zero-order chi connectivity index (χ0) is 20.3. The Hall–Kier alpha value is -2.58. The highest BCUT2D eigenvalue weighted by Crippen LogP contribution is 2.30. The van der Waals surface area contributed by atoms with Gasteiger partial charge in [-0.05, 0) is 66.6 Å². The van der Waals surface area contributed by atoms with E-state index in [9.17, 15) is 4.79 Å². The number of amides is 1. The maximum absolute atomic E-state index is 12.7. The number of hydrogen-bond donors (Lipinski definition) is 1. The van der Waals surface area contributed by atoms with E-state index in [1.54, 1.807) is 29.8 Å². The van der Waals surface area contributed by atoms with Crippen molar-refractivity contribution >= 4 is 35.0 Å². The lowest BCUT2D eigenvalue weighted by Gasteiger charge is -2.15. The number of ether oxygens (including phenoxy) is 1. The van der Waals surface area contributed by atoms with Gasteiger partial charge in [-0.15, -0.1) is 5.10 Å². The van der Waals surface area contributed by atoms with E-state index in [0.717, 1.165) is 16.8 Å². The molecule has 1 unspecified atom stereocenters. The van der Waals surface area contributed by atoms with E-state index in [1.807, 2.05) is 32.0 Å². The number of rotatable bonds is 6. The second kappa shape index (κ2) is 8.62. The molecular weight excluding hydrogens is 398 g/mol. The Bertz CT molecular complexity index is 1010. The minimum atomic E-state index is -0.446. The summed E-state index contributed by atoms with van der Waals surface area (Å²) in [6, 6.07) is 11.0. The number of nitrogens with zero attached hydrogens (tertiary/aromatic N) is 4. The fourth-order valence-corrected chi connectivity index (χ4v) is 3.57. The number of thioether (sulfide) groups is 1. The third-order valence-corrected chi connectivity index (χ3v) is 5.58. The van der Waals surface area contributed by atoms with Gasteiger partial charge in [0, 0.05) is 5.02 Å². The molecule has 0 saturated carbocycles. The van der Waals surface area contributed by atoms with Crippen LogP contribution in [0.5, 0.6) is 5.75 Å². The van der Waals surface area contributed by atoms with Gasteiger partial charge in [0.2, 0.25) is 11.1 Å². The number of hydrogen-bond acceptors (Lipinski definition) is 6. The molecule has 1 atom stereocenters. The molecule has 3 aromatic rings. The summed E-state index contributed by atoms with van der Waals surface area (Å²) in [7, 11) is 1.54. The van der Waals surface area contributed by atoms with Crippen LogP contribution in [0.4, 0.5) is 5.69 Å². The summed E-state index contributed by atoms with van der Waals surface area (Å²) in [5, 5.41) is 15.4. The van der Waals surface area contributed by atoms with Crippen LogP contribution in [0.3, 0.4) is 0 Å². The standard InChI is InChI=1S/C19H20ClN5O2S/c1-11-6-5-7-16(12(11)2)25-19(22-23-24-25)28-13(3)18(26)21-15-10-14(20)8-9-17(15)27-4/h5-10,13H,1-4H3,(H,21,26). The van der Waals surface area contributed by atoms with Crippen molar-refractivity contribution < 1.29 is 9.53 Å². The van der Waals surface area contributed by atoms with Crippen molar-refractivity contribution in [3.8, 4) is 11.4 Å². The second-order valence-corrected chi connectivity index (χ2v) is 7.93. The first-order valence-electron chi connectivity index (χ1n) is 8.56. The van der Waals surface area contributed by atoms with Gasteiger partial charge in [0.05, 0.1) is 23.7 Å². The largest absolute Gasteiger partial charge is 0.495 e. The van der Waals surface area contributed by atoms with Gasteiger partial charge >= 0.3 is 0 Å². The Morgan fingerprint density at radius 3 is 2.82 bits per heavy atom. The van der Waals surface area contributed by atoms with Crippen LogP contribution in [-0.2, 0) is 4.79 Å². The third-order valence-electron chi connectivity index (χ3n) is 4.32. The van der Waals surface area contributed by atoms with Crippen molar-refractivity contribution in [2.45, 2.75) is 31.2 Å². The molecule has 0 saturated heterocycles. The second-order valence-electron chi connectivity index (χ2n) is 6.19. The van der Waals surface area contributed by atoms with Gasteiger partial charge in [0.25, 0.3) is 0 Å². The van der Waals surface area contributed by atoms with Crippen LogP contribution in [0, 0.1) is 13.8 Å². The monoisotopic (exact) mass is 417 g/mol. The van der Waals surface area contributed by atoms with E-state index in [-0.39, 0.29) is 5.91 Å². The molecule has 1 heterocycles. The number of nitrogens with one attached hydrogen (secondary N) is 1. The summed E-state index contributed by atoms with van der Waals surface area (Å²) in [5.41, 5.74) is 3.62. The smallest absolute Gasteiger partial charge is 0.237 e. The summed E-state index contributed by atoms with van der Waals surface area (Å²) >= 11 is 7.30. The van der Waals surface area contributed by atoms with Crippen LogP contribution in [0.25, 0.3) is 5.69 Å². The molecule has 28 heavy (non-hydrogen) atoms. The normalized spacial score (nSPS) is 11.9. The first-order chi connectivity index (χ1) is 13.4. The SMILES string of the molecule is COc1ccc(Cl)cc1NC(=O)C(C)Sc1nnnn1-c1cccc(C)c1C. The van der Waals surface area contributed by atoms with Crippen LogP contribution >= 0.6 is 23.4 Å². The summed E-state index contributed by atoms with van der Waals surface area (Å²) in [6.07, 6.45) is 0. The molecule has 9 heteroatoms. The van der Waals surface area contributed by atoms with E-state index in [4.69, 9.17) is 16.3 Å². The average molecular weight is 418 g/mol. The lowest BCUT2D eigenvalue weighted by Crippen LogP contribution is -2.23. The molecule has 2 aromatic carbocycles. The zero-order valence-electron chi connectivity index (χ0n) is 15.9. The molecule has 3 rings (SSSR count). The molecule has 0 radical (unpaired) electrons. The molecule has 1 amide bonds. The molecule has 0 aliphatic rings. The van der Waals surface area contributed by atoms with E-state index >= 15 is 0 Å². The Kier molecular flexibility index (Phi) is 6.21. The highest BCUT2D eigenvalue weighted by molar-refractivity contribution is 8.00. The molecule has 0 bridgehead atoms. The van der Waals surface area contributed by atoms with Crippen LogP contribution in [0.1, 0.15) is 18.1 Å². The summed E-state index contributed by atoms with van der Waals surface area (Å²) in [4.78, 5) is 12.7.